The third-order valence-corrected chi connectivity index (χ3v) is 2.90. The molecule has 0 radical (unpaired) electrons. The summed E-state index contributed by atoms with van der Waals surface area (Å²) in [5.74, 6) is 0.765. The van der Waals surface area contributed by atoms with Crippen LogP contribution in [0.25, 0.3) is 5.82 Å². The van der Waals surface area contributed by atoms with Gasteiger partial charge in [0.25, 0.3) is 0 Å². The standard InChI is InChI=1S/C14H21N5/c1-3-8-15-9-4-5-13-10-16-19(11-13)14-7-6-12(2)17-18-14/h6-7,10-11,15H,3-5,8-9H2,1-2H3. The van der Waals surface area contributed by atoms with Gasteiger partial charge in [-0.05, 0) is 57.0 Å². The zero-order valence-corrected chi connectivity index (χ0v) is 11.6. The van der Waals surface area contributed by atoms with Crippen LogP contribution in [0.5, 0.6) is 0 Å². The van der Waals surface area contributed by atoms with Gasteiger partial charge in [0.2, 0.25) is 0 Å². The lowest BCUT2D eigenvalue weighted by Crippen LogP contribution is -2.16. The fraction of sp³-hybridized carbons (Fsp3) is 0.500. The number of nitrogens with one attached hydrogen (secondary N) is 1. The maximum Gasteiger partial charge on any atom is 0.175 e. The lowest BCUT2D eigenvalue weighted by molar-refractivity contribution is 0.640. The Morgan fingerprint density at radius 1 is 1.21 bits per heavy atom. The third kappa shape index (κ3) is 4.13. The Morgan fingerprint density at radius 3 is 2.84 bits per heavy atom. The Bertz CT molecular complexity index is 489. The Balaban J connectivity index is 1.86. The van der Waals surface area contributed by atoms with Crippen LogP contribution < -0.4 is 5.32 Å². The first kappa shape index (κ1) is 13.7. The number of aromatic nitrogens is 4. The largest absolute Gasteiger partial charge is 0.317 e. The molecular formula is C14H21N5. The van der Waals surface area contributed by atoms with Crippen LogP contribution in [0.15, 0.2) is 24.5 Å². The molecule has 0 aliphatic rings. The summed E-state index contributed by atoms with van der Waals surface area (Å²) < 4.78 is 1.78. The molecule has 2 aromatic rings. The Hall–Kier alpha value is -1.75. The highest BCUT2D eigenvalue weighted by molar-refractivity contribution is 5.22. The number of aryl methyl sites for hydroxylation is 2. The van der Waals surface area contributed by atoms with Gasteiger partial charge in [-0.1, -0.05) is 6.92 Å². The van der Waals surface area contributed by atoms with Crippen LogP contribution >= 0.6 is 0 Å². The average molecular weight is 259 g/mol. The SMILES string of the molecule is CCCNCCCc1cnn(-c2ccc(C)nn2)c1. The Kier molecular flexibility index (Phi) is 5.03. The molecule has 0 atom stereocenters. The maximum absolute atomic E-state index is 4.32. The summed E-state index contributed by atoms with van der Waals surface area (Å²) in [5.41, 5.74) is 2.15. The summed E-state index contributed by atoms with van der Waals surface area (Å²) >= 11 is 0. The van der Waals surface area contributed by atoms with Crippen molar-refractivity contribution in [2.45, 2.75) is 33.1 Å². The van der Waals surface area contributed by atoms with Crippen LogP contribution in [-0.2, 0) is 6.42 Å². The van der Waals surface area contributed by atoms with Gasteiger partial charge < -0.3 is 5.32 Å². The molecule has 0 aromatic carbocycles. The molecule has 0 unspecified atom stereocenters. The van der Waals surface area contributed by atoms with E-state index >= 15 is 0 Å². The molecule has 0 bridgehead atoms. The lowest BCUT2D eigenvalue weighted by atomic mass is 10.2. The second-order valence-electron chi connectivity index (χ2n) is 4.68. The van der Waals surface area contributed by atoms with Gasteiger partial charge in [0.1, 0.15) is 0 Å². The second kappa shape index (κ2) is 6.99. The summed E-state index contributed by atoms with van der Waals surface area (Å²) in [6.07, 6.45) is 7.28. The van der Waals surface area contributed by atoms with Crippen LogP contribution in [0.2, 0.25) is 0 Å². The zero-order chi connectivity index (χ0) is 13.5. The zero-order valence-electron chi connectivity index (χ0n) is 11.6. The molecule has 0 fully saturated rings. The van der Waals surface area contributed by atoms with Gasteiger partial charge in [-0.15, -0.1) is 5.10 Å². The molecule has 0 spiro atoms. The first-order valence-electron chi connectivity index (χ1n) is 6.84. The normalized spacial score (nSPS) is 10.8. The van der Waals surface area contributed by atoms with Crippen molar-refractivity contribution in [1.29, 1.82) is 0 Å². The molecule has 5 nitrogen and oxygen atoms in total. The van der Waals surface area contributed by atoms with Crippen LogP contribution in [0, 0.1) is 6.92 Å². The van der Waals surface area contributed by atoms with Crippen molar-refractivity contribution >= 4 is 0 Å². The summed E-state index contributed by atoms with van der Waals surface area (Å²) in [5, 5.41) is 15.9. The van der Waals surface area contributed by atoms with Crippen molar-refractivity contribution in [2.75, 3.05) is 13.1 Å². The molecule has 0 aliphatic heterocycles. The Labute approximate surface area is 114 Å². The smallest absolute Gasteiger partial charge is 0.175 e. The predicted octanol–water partition coefficient (Wildman–Crippen LogP) is 1.90. The van der Waals surface area contributed by atoms with E-state index in [1.807, 2.05) is 31.5 Å². The van der Waals surface area contributed by atoms with E-state index in [-0.39, 0.29) is 0 Å². The van der Waals surface area contributed by atoms with Crippen molar-refractivity contribution in [3.8, 4) is 5.82 Å². The van der Waals surface area contributed by atoms with Crippen LogP contribution in [-0.4, -0.2) is 33.1 Å². The minimum Gasteiger partial charge on any atom is -0.317 e. The van der Waals surface area contributed by atoms with Crippen LogP contribution in [0.1, 0.15) is 31.0 Å². The van der Waals surface area contributed by atoms with Gasteiger partial charge in [-0.25, -0.2) is 4.68 Å². The number of nitrogens with zero attached hydrogens (tertiary/aromatic N) is 4. The molecule has 2 rings (SSSR count). The topological polar surface area (TPSA) is 55.6 Å². The number of hydrogen-bond acceptors (Lipinski definition) is 4. The van der Waals surface area contributed by atoms with E-state index in [4.69, 9.17) is 0 Å². The van der Waals surface area contributed by atoms with Crippen molar-refractivity contribution in [1.82, 2.24) is 25.3 Å². The monoisotopic (exact) mass is 259 g/mol. The van der Waals surface area contributed by atoms with E-state index in [0.717, 1.165) is 37.4 Å². The average Bonchev–Trinajstić information content (AvgIpc) is 2.88. The number of rotatable bonds is 7. The van der Waals surface area contributed by atoms with Gasteiger partial charge in [0, 0.05) is 6.20 Å². The van der Waals surface area contributed by atoms with E-state index < -0.39 is 0 Å². The summed E-state index contributed by atoms with van der Waals surface area (Å²) in [6.45, 7) is 6.26. The van der Waals surface area contributed by atoms with Gasteiger partial charge in [0.05, 0.1) is 11.9 Å². The first-order valence-corrected chi connectivity index (χ1v) is 6.84. The van der Waals surface area contributed by atoms with E-state index in [0.29, 0.717) is 0 Å². The van der Waals surface area contributed by atoms with Gasteiger partial charge in [-0.3, -0.25) is 0 Å². The fourth-order valence-electron chi connectivity index (χ4n) is 1.85. The summed E-state index contributed by atoms with van der Waals surface area (Å²) in [7, 11) is 0. The van der Waals surface area contributed by atoms with E-state index in [1.165, 1.54) is 12.0 Å². The molecule has 2 aromatic heterocycles. The van der Waals surface area contributed by atoms with Crippen LogP contribution in [0.4, 0.5) is 0 Å². The lowest BCUT2D eigenvalue weighted by Gasteiger charge is -2.01. The minimum absolute atomic E-state index is 0.765. The summed E-state index contributed by atoms with van der Waals surface area (Å²) in [4.78, 5) is 0. The molecule has 19 heavy (non-hydrogen) atoms. The molecule has 5 heteroatoms. The molecular weight excluding hydrogens is 238 g/mol. The van der Waals surface area contributed by atoms with E-state index in [9.17, 15) is 0 Å². The van der Waals surface area contributed by atoms with E-state index in [1.54, 1.807) is 4.68 Å². The highest BCUT2D eigenvalue weighted by Crippen LogP contribution is 2.06. The van der Waals surface area contributed by atoms with Gasteiger partial charge in [0.15, 0.2) is 5.82 Å². The molecule has 0 saturated carbocycles. The predicted molar refractivity (Wildman–Crippen MR) is 75.4 cm³/mol. The summed E-state index contributed by atoms with van der Waals surface area (Å²) in [6, 6.07) is 3.88. The number of hydrogen-bond donors (Lipinski definition) is 1. The highest BCUT2D eigenvalue weighted by atomic mass is 15.3. The van der Waals surface area contributed by atoms with Crippen LogP contribution in [0.3, 0.4) is 0 Å². The first-order chi connectivity index (χ1) is 9.29. The molecule has 102 valence electrons. The third-order valence-electron chi connectivity index (χ3n) is 2.90. The van der Waals surface area contributed by atoms with Crippen molar-refractivity contribution in [3.05, 3.63) is 35.8 Å². The van der Waals surface area contributed by atoms with E-state index in [2.05, 4.69) is 27.5 Å². The van der Waals surface area contributed by atoms with Crippen molar-refractivity contribution in [3.63, 3.8) is 0 Å². The van der Waals surface area contributed by atoms with Gasteiger partial charge in [-0.2, -0.15) is 10.2 Å². The quantitative estimate of drug-likeness (QED) is 0.772. The van der Waals surface area contributed by atoms with Crippen molar-refractivity contribution < 1.29 is 0 Å². The second-order valence-corrected chi connectivity index (χ2v) is 4.68. The minimum atomic E-state index is 0.765. The molecule has 0 saturated heterocycles. The fourth-order valence-corrected chi connectivity index (χ4v) is 1.85. The maximum atomic E-state index is 4.32. The highest BCUT2D eigenvalue weighted by Gasteiger charge is 2.02. The molecule has 0 amide bonds. The Morgan fingerprint density at radius 2 is 2.11 bits per heavy atom. The van der Waals surface area contributed by atoms with Crippen molar-refractivity contribution in [2.24, 2.45) is 0 Å². The molecule has 2 heterocycles. The molecule has 1 N–H and O–H groups in total. The van der Waals surface area contributed by atoms with Gasteiger partial charge >= 0.3 is 0 Å². The molecule has 0 aliphatic carbocycles.